The second-order valence-corrected chi connectivity index (χ2v) is 8.28. The van der Waals surface area contributed by atoms with Gasteiger partial charge in [-0.2, -0.15) is 5.10 Å². The maximum absolute atomic E-state index is 12.7. The van der Waals surface area contributed by atoms with E-state index in [-0.39, 0.29) is 17.7 Å². The number of para-hydroxylation sites is 1. The lowest BCUT2D eigenvalue weighted by molar-refractivity contribution is -0.136. The molecule has 1 aliphatic heterocycles. The Morgan fingerprint density at radius 2 is 1.79 bits per heavy atom. The first-order valence-corrected chi connectivity index (χ1v) is 10.5. The van der Waals surface area contributed by atoms with Crippen LogP contribution in [0.4, 0.5) is 5.82 Å². The molecule has 4 rings (SSSR count). The van der Waals surface area contributed by atoms with Gasteiger partial charge in [-0.3, -0.25) is 14.5 Å². The predicted octanol–water partition coefficient (Wildman–Crippen LogP) is 2.49. The molecule has 0 bridgehead atoms. The van der Waals surface area contributed by atoms with E-state index in [2.05, 4.69) is 10.2 Å². The van der Waals surface area contributed by atoms with E-state index in [0.29, 0.717) is 25.6 Å². The van der Waals surface area contributed by atoms with Gasteiger partial charge in [-0.15, -0.1) is 0 Å². The average Bonchev–Trinajstić information content (AvgIpc) is 3.49. The van der Waals surface area contributed by atoms with Gasteiger partial charge in [-0.25, -0.2) is 4.68 Å². The van der Waals surface area contributed by atoms with Gasteiger partial charge in [-0.05, 0) is 25.0 Å². The first-order valence-electron chi connectivity index (χ1n) is 10.5. The second-order valence-electron chi connectivity index (χ2n) is 8.28. The highest BCUT2D eigenvalue weighted by Crippen LogP contribution is 2.40. The molecule has 1 aliphatic carbocycles. The van der Waals surface area contributed by atoms with Gasteiger partial charge >= 0.3 is 0 Å². The van der Waals surface area contributed by atoms with Crippen molar-refractivity contribution in [3.8, 4) is 5.69 Å². The molecule has 7 nitrogen and oxygen atoms in total. The molecule has 1 N–H and O–H groups in total. The van der Waals surface area contributed by atoms with Crippen LogP contribution in [0.5, 0.6) is 0 Å². The van der Waals surface area contributed by atoms with Crippen molar-refractivity contribution >= 4 is 17.6 Å². The molecule has 2 amide bonds. The van der Waals surface area contributed by atoms with Crippen LogP contribution in [0.25, 0.3) is 5.69 Å². The zero-order chi connectivity index (χ0) is 20.4. The number of piperazine rings is 1. The van der Waals surface area contributed by atoms with E-state index in [0.717, 1.165) is 30.3 Å². The zero-order valence-electron chi connectivity index (χ0n) is 17.2. The minimum absolute atomic E-state index is 0.0174. The van der Waals surface area contributed by atoms with Crippen molar-refractivity contribution in [1.82, 2.24) is 19.6 Å². The van der Waals surface area contributed by atoms with Gasteiger partial charge in [0.2, 0.25) is 11.8 Å². The fourth-order valence-corrected chi connectivity index (χ4v) is 3.71. The summed E-state index contributed by atoms with van der Waals surface area (Å²) in [6, 6.07) is 11.9. The third-order valence-electron chi connectivity index (χ3n) is 5.54. The fourth-order valence-electron chi connectivity index (χ4n) is 3.71. The molecular weight excluding hydrogens is 366 g/mol. The van der Waals surface area contributed by atoms with Gasteiger partial charge in [0.05, 0.1) is 17.9 Å². The van der Waals surface area contributed by atoms with Crippen LogP contribution in [0.2, 0.25) is 0 Å². The molecule has 0 radical (unpaired) electrons. The Balaban J connectivity index is 1.38. The van der Waals surface area contributed by atoms with Gasteiger partial charge in [0.15, 0.2) is 0 Å². The number of anilines is 1. The monoisotopic (exact) mass is 395 g/mol. The van der Waals surface area contributed by atoms with Crippen LogP contribution >= 0.6 is 0 Å². The van der Waals surface area contributed by atoms with Crippen molar-refractivity contribution < 1.29 is 9.59 Å². The number of carbonyl (C=O) groups excluding carboxylic acids is 2. The van der Waals surface area contributed by atoms with Crippen molar-refractivity contribution in [2.24, 2.45) is 5.92 Å². The molecule has 2 fully saturated rings. The maximum Gasteiger partial charge on any atom is 0.239 e. The molecule has 2 aliphatic rings. The first kappa shape index (κ1) is 19.6. The van der Waals surface area contributed by atoms with Crippen molar-refractivity contribution in [3.05, 3.63) is 42.1 Å². The fraction of sp³-hybridized carbons (Fsp3) is 0.500. The number of aromatic nitrogens is 2. The van der Waals surface area contributed by atoms with Gasteiger partial charge < -0.3 is 10.2 Å². The largest absolute Gasteiger partial charge is 0.340 e. The zero-order valence-corrected chi connectivity index (χ0v) is 17.2. The molecule has 0 atom stereocenters. The molecule has 1 aromatic heterocycles. The number of rotatable bonds is 6. The minimum atomic E-state index is -0.0481. The highest BCUT2D eigenvalue weighted by molar-refractivity contribution is 5.91. The molecule has 0 unspecified atom stereocenters. The summed E-state index contributed by atoms with van der Waals surface area (Å²) in [5, 5.41) is 7.78. The Morgan fingerprint density at radius 3 is 2.41 bits per heavy atom. The van der Waals surface area contributed by atoms with Crippen molar-refractivity contribution in [2.75, 3.05) is 38.0 Å². The van der Waals surface area contributed by atoms with E-state index in [1.807, 2.05) is 59.8 Å². The van der Waals surface area contributed by atoms with E-state index < -0.39 is 0 Å². The lowest BCUT2D eigenvalue weighted by Crippen LogP contribution is -2.51. The Kier molecular flexibility index (Phi) is 5.67. The Bertz CT molecular complexity index is 865. The summed E-state index contributed by atoms with van der Waals surface area (Å²) in [6.07, 6.45) is 2.33. The summed E-state index contributed by atoms with van der Waals surface area (Å²) in [6.45, 7) is 6.97. The van der Waals surface area contributed by atoms with Gasteiger partial charge in [0.1, 0.15) is 5.82 Å². The molecule has 1 saturated heterocycles. The number of nitrogens with one attached hydrogen (secondary N) is 1. The van der Waals surface area contributed by atoms with Crippen molar-refractivity contribution in [1.29, 1.82) is 0 Å². The number of hydrogen-bond acceptors (Lipinski definition) is 4. The summed E-state index contributed by atoms with van der Waals surface area (Å²) in [5.41, 5.74) is 1.99. The summed E-state index contributed by atoms with van der Waals surface area (Å²) >= 11 is 0. The third kappa shape index (κ3) is 4.67. The minimum Gasteiger partial charge on any atom is -0.340 e. The SMILES string of the molecule is CC(C)C(=O)N1CCN(CC(=O)Nc2cc(C3CC3)nn2-c2ccccc2)CC1. The molecule has 1 aromatic carbocycles. The van der Waals surface area contributed by atoms with E-state index >= 15 is 0 Å². The van der Waals surface area contributed by atoms with Crippen LogP contribution in [-0.2, 0) is 9.59 Å². The highest BCUT2D eigenvalue weighted by Gasteiger charge is 2.28. The van der Waals surface area contributed by atoms with Crippen LogP contribution in [-0.4, -0.2) is 64.1 Å². The highest BCUT2D eigenvalue weighted by atomic mass is 16.2. The van der Waals surface area contributed by atoms with Crippen LogP contribution in [0.1, 0.15) is 38.3 Å². The molecule has 154 valence electrons. The second kappa shape index (κ2) is 8.37. The lowest BCUT2D eigenvalue weighted by Gasteiger charge is -2.35. The van der Waals surface area contributed by atoms with E-state index in [4.69, 9.17) is 5.10 Å². The molecular formula is C22H29N5O2. The standard InChI is InChI=1S/C22H29N5O2/c1-16(2)22(29)26-12-10-25(11-13-26)15-21(28)23-20-14-19(17-8-9-17)24-27(20)18-6-4-3-5-7-18/h3-7,14,16-17H,8-13,15H2,1-2H3,(H,23,28). The van der Waals surface area contributed by atoms with E-state index in [1.165, 1.54) is 12.8 Å². The molecule has 0 spiro atoms. The molecule has 2 heterocycles. The van der Waals surface area contributed by atoms with Crippen LogP contribution < -0.4 is 5.32 Å². The topological polar surface area (TPSA) is 70.5 Å². The lowest BCUT2D eigenvalue weighted by atomic mass is 10.1. The maximum atomic E-state index is 12.7. The van der Waals surface area contributed by atoms with Crippen LogP contribution in [0, 0.1) is 5.92 Å². The Hall–Kier alpha value is -2.67. The Morgan fingerprint density at radius 1 is 1.10 bits per heavy atom. The summed E-state index contributed by atoms with van der Waals surface area (Å²) in [7, 11) is 0. The summed E-state index contributed by atoms with van der Waals surface area (Å²) in [5.74, 6) is 1.39. The van der Waals surface area contributed by atoms with Gasteiger partial charge in [-0.1, -0.05) is 32.0 Å². The smallest absolute Gasteiger partial charge is 0.239 e. The Labute approximate surface area is 171 Å². The molecule has 29 heavy (non-hydrogen) atoms. The van der Waals surface area contributed by atoms with Crippen molar-refractivity contribution in [2.45, 2.75) is 32.6 Å². The molecule has 1 saturated carbocycles. The molecule has 7 heteroatoms. The van der Waals surface area contributed by atoms with E-state index in [9.17, 15) is 9.59 Å². The van der Waals surface area contributed by atoms with Crippen LogP contribution in [0.3, 0.4) is 0 Å². The van der Waals surface area contributed by atoms with E-state index in [1.54, 1.807) is 0 Å². The number of amides is 2. The quantitative estimate of drug-likeness (QED) is 0.816. The first-order chi connectivity index (χ1) is 14.0. The predicted molar refractivity (Wildman–Crippen MR) is 112 cm³/mol. The van der Waals surface area contributed by atoms with Gasteiger partial charge in [0, 0.05) is 44.1 Å². The average molecular weight is 396 g/mol. The normalized spacial score (nSPS) is 17.6. The number of nitrogens with zero attached hydrogens (tertiary/aromatic N) is 4. The molecule has 2 aromatic rings. The third-order valence-corrected chi connectivity index (χ3v) is 5.54. The van der Waals surface area contributed by atoms with Crippen molar-refractivity contribution in [3.63, 3.8) is 0 Å². The number of benzene rings is 1. The number of carbonyl (C=O) groups is 2. The van der Waals surface area contributed by atoms with Crippen LogP contribution in [0.15, 0.2) is 36.4 Å². The van der Waals surface area contributed by atoms with Gasteiger partial charge in [0.25, 0.3) is 0 Å². The summed E-state index contributed by atoms with van der Waals surface area (Å²) in [4.78, 5) is 28.8. The number of hydrogen-bond donors (Lipinski definition) is 1. The summed E-state index contributed by atoms with van der Waals surface area (Å²) < 4.78 is 1.82.